The smallest absolute Gasteiger partial charge is 0.268 e. The third-order valence-corrected chi connectivity index (χ3v) is 2.79. The Kier molecular flexibility index (Phi) is 1.77. The van der Waals surface area contributed by atoms with Crippen LogP contribution in [0.4, 0.5) is 4.39 Å². The summed E-state index contributed by atoms with van der Waals surface area (Å²) in [6.45, 7) is 2.56. The molecule has 0 saturated heterocycles. The molecule has 82 valence electrons. The lowest BCUT2D eigenvalue weighted by molar-refractivity contribution is 0.0907. The molecule has 1 aliphatic heterocycles. The molecule has 0 aromatic carbocycles. The lowest BCUT2D eigenvalue weighted by atomic mass is 10.2. The summed E-state index contributed by atoms with van der Waals surface area (Å²) in [5, 5.41) is 2.83. The monoisotopic (exact) mass is 219 g/mol. The summed E-state index contributed by atoms with van der Waals surface area (Å²) < 4.78 is 14.9. The number of aromatic nitrogens is 2. The predicted molar refractivity (Wildman–Crippen MR) is 56.6 cm³/mol. The van der Waals surface area contributed by atoms with E-state index in [1.165, 1.54) is 6.07 Å². The first-order valence-corrected chi connectivity index (χ1v) is 5.11. The van der Waals surface area contributed by atoms with E-state index >= 15 is 0 Å². The second kappa shape index (κ2) is 3.04. The van der Waals surface area contributed by atoms with E-state index in [-0.39, 0.29) is 17.8 Å². The molecule has 2 aromatic rings. The van der Waals surface area contributed by atoms with Crippen LogP contribution < -0.4 is 5.32 Å². The minimum absolute atomic E-state index is 0.0545. The molecule has 0 aliphatic carbocycles. The zero-order valence-electron chi connectivity index (χ0n) is 8.70. The summed E-state index contributed by atoms with van der Waals surface area (Å²) in [6.07, 6.45) is 1.16. The fourth-order valence-electron chi connectivity index (χ4n) is 2.11. The molecular weight excluding hydrogens is 209 g/mol. The van der Waals surface area contributed by atoms with Gasteiger partial charge in [-0.05, 0) is 13.0 Å². The number of carbonyl (C=O) groups is 1. The Morgan fingerprint density at radius 3 is 3.19 bits per heavy atom. The van der Waals surface area contributed by atoms with Gasteiger partial charge in [0, 0.05) is 18.7 Å². The highest BCUT2D eigenvalue weighted by Gasteiger charge is 2.23. The normalized spacial score (nSPS) is 19.6. The summed E-state index contributed by atoms with van der Waals surface area (Å²) in [5.41, 5.74) is 1.88. The van der Waals surface area contributed by atoms with Gasteiger partial charge in [0.25, 0.3) is 5.91 Å². The van der Waals surface area contributed by atoms with Gasteiger partial charge in [-0.1, -0.05) is 0 Å². The fourth-order valence-corrected chi connectivity index (χ4v) is 2.11. The van der Waals surface area contributed by atoms with Crippen molar-refractivity contribution in [2.75, 3.05) is 0 Å². The number of hydrogen-bond acceptors (Lipinski definition) is 2. The van der Waals surface area contributed by atoms with Gasteiger partial charge in [0.1, 0.15) is 11.5 Å². The third-order valence-electron chi connectivity index (χ3n) is 2.79. The van der Waals surface area contributed by atoms with E-state index in [0.29, 0.717) is 23.3 Å². The van der Waals surface area contributed by atoms with E-state index in [0.717, 1.165) is 6.20 Å². The largest absolute Gasteiger partial charge is 0.347 e. The van der Waals surface area contributed by atoms with E-state index in [4.69, 9.17) is 0 Å². The van der Waals surface area contributed by atoms with Crippen molar-refractivity contribution in [1.29, 1.82) is 0 Å². The van der Waals surface area contributed by atoms with Gasteiger partial charge in [0.15, 0.2) is 0 Å². The van der Waals surface area contributed by atoms with E-state index in [9.17, 15) is 9.18 Å². The number of nitrogens with one attached hydrogen (secondary N) is 1. The minimum atomic E-state index is -0.382. The number of carbonyl (C=O) groups excluding carboxylic acids is 1. The van der Waals surface area contributed by atoms with Crippen molar-refractivity contribution in [3.8, 4) is 0 Å². The highest BCUT2D eigenvalue weighted by molar-refractivity contribution is 5.98. The first-order valence-electron chi connectivity index (χ1n) is 5.11. The molecule has 0 bridgehead atoms. The van der Waals surface area contributed by atoms with Crippen molar-refractivity contribution in [1.82, 2.24) is 14.9 Å². The number of fused-ring (bicyclic) bond motifs is 3. The Morgan fingerprint density at radius 2 is 2.38 bits per heavy atom. The lowest BCUT2D eigenvalue weighted by Crippen LogP contribution is -2.42. The second-order valence-corrected chi connectivity index (χ2v) is 4.07. The van der Waals surface area contributed by atoms with Crippen LogP contribution in [0.2, 0.25) is 0 Å². The molecule has 1 atom stereocenters. The van der Waals surface area contributed by atoms with E-state index < -0.39 is 0 Å². The summed E-state index contributed by atoms with van der Waals surface area (Å²) in [5.74, 6) is -0.510. The van der Waals surface area contributed by atoms with Gasteiger partial charge in [0.2, 0.25) is 0 Å². The molecule has 0 spiro atoms. The zero-order valence-corrected chi connectivity index (χ0v) is 8.70. The maximum atomic E-state index is 13.1. The lowest BCUT2D eigenvalue weighted by Gasteiger charge is -2.22. The topological polar surface area (TPSA) is 46.9 Å². The maximum Gasteiger partial charge on any atom is 0.268 e. The maximum absolute atomic E-state index is 13.1. The van der Waals surface area contributed by atoms with Crippen LogP contribution in [0.5, 0.6) is 0 Å². The van der Waals surface area contributed by atoms with Crippen molar-refractivity contribution >= 4 is 16.9 Å². The Bertz CT molecular complexity index is 590. The summed E-state index contributed by atoms with van der Waals surface area (Å²) >= 11 is 0. The Morgan fingerprint density at radius 1 is 1.56 bits per heavy atom. The van der Waals surface area contributed by atoms with Gasteiger partial charge in [-0.15, -0.1) is 0 Å². The molecule has 0 radical (unpaired) electrons. The van der Waals surface area contributed by atoms with Crippen molar-refractivity contribution < 1.29 is 9.18 Å². The van der Waals surface area contributed by atoms with Gasteiger partial charge >= 0.3 is 0 Å². The van der Waals surface area contributed by atoms with Gasteiger partial charge in [-0.3, -0.25) is 9.78 Å². The first kappa shape index (κ1) is 9.33. The molecule has 3 heterocycles. The first-order chi connectivity index (χ1) is 7.65. The average molecular weight is 219 g/mol. The van der Waals surface area contributed by atoms with Crippen LogP contribution in [-0.4, -0.2) is 21.5 Å². The SMILES string of the molecule is C[C@@H]1Cn2c(cc3ncc(F)cc32)C(=O)N1. The Labute approximate surface area is 91.1 Å². The number of hydrogen-bond donors (Lipinski definition) is 1. The molecule has 16 heavy (non-hydrogen) atoms. The standard InChI is InChI=1S/C11H10FN3O/c1-6-5-15-9-2-7(12)4-13-8(9)3-10(15)11(16)14-6/h2-4,6H,5H2,1H3,(H,14,16)/t6-/m1/s1. The number of pyridine rings is 1. The van der Waals surface area contributed by atoms with Crippen LogP contribution >= 0.6 is 0 Å². The summed E-state index contributed by atoms with van der Waals surface area (Å²) in [7, 11) is 0. The molecular formula is C11H10FN3O. The Hall–Kier alpha value is -1.91. The Balaban J connectivity index is 2.31. The summed E-state index contributed by atoms with van der Waals surface area (Å²) in [4.78, 5) is 15.7. The van der Waals surface area contributed by atoms with E-state index in [1.54, 1.807) is 6.07 Å². The summed E-state index contributed by atoms with van der Waals surface area (Å²) in [6, 6.07) is 3.16. The van der Waals surface area contributed by atoms with Gasteiger partial charge in [-0.25, -0.2) is 4.39 Å². The van der Waals surface area contributed by atoms with Crippen molar-refractivity contribution in [3.05, 3.63) is 29.8 Å². The third kappa shape index (κ3) is 1.21. The van der Waals surface area contributed by atoms with Gasteiger partial charge in [0.05, 0.1) is 17.2 Å². The second-order valence-electron chi connectivity index (χ2n) is 4.07. The van der Waals surface area contributed by atoms with Crippen LogP contribution in [0.1, 0.15) is 17.4 Å². The van der Waals surface area contributed by atoms with E-state index in [2.05, 4.69) is 10.3 Å². The molecule has 1 amide bonds. The highest BCUT2D eigenvalue weighted by atomic mass is 19.1. The van der Waals surface area contributed by atoms with Gasteiger partial charge < -0.3 is 9.88 Å². The molecule has 1 aliphatic rings. The molecule has 1 N–H and O–H groups in total. The number of amides is 1. The number of rotatable bonds is 0. The molecule has 0 saturated carbocycles. The van der Waals surface area contributed by atoms with Crippen LogP contribution in [0.25, 0.3) is 11.0 Å². The molecule has 5 heteroatoms. The molecule has 0 unspecified atom stereocenters. The molecule has 0 fully saturated rings. The van der Waals surface area contributed by atoms with Crippen LogP contribution in [0.3, 0.4) is 0 Å². The van der Waals surface area contributed by atoms with Crippen LogP contribution in [0.15, 0.2) is 18.3 Å². The van der Waals surface area contributed by atoms with Crippen LogP contribution in [-0.2, 0) is 6.54 Å². The predicted octanol–water partition coefficient (Wildman–Crippen LogP) is 1.31. The van der Waals surface area contributed by atoms with E-state index in [1.807, 2.05) is 11.5 Å². The van der Waals surface area contributed by atoms with Crippen LogP contribution in [0, 0.1) is 5.82 Å². The number of nitrogens with zero attached hydrogens (tertiary/aromatic N) is 2. The quantitative estimate of drug-likeness (QED) is 0.726. The minimum Gasteiger partial charge on any atom is -0.347 e. The zero-order chi connectivity index (χ0) is 11.3. The van der Waals surface area contributed by atoms with Crippen molar-refractivity contribution in [2.45, 2.75) is 19.5 Å². The van der Waals surface area contributed by atoms with Gasteiger partial charge in [-0.2, -0.15) is 0 Å². The number of halogens is 1. The highest BCUT2D eigenvalue weighted by Crippen LogP contribution is 2.21. The van der Waals surface area contributed by atoms with Crippen molar-refractivity contribution in [3.63, 3.8) is 0 Å². The molecule has 2 aromatic heterocycles. The average Bonchev–Trinajstić information content (AvgIpc) is 2.57. The fraction of sp³-hybridized carbons (Fsp3) is 0.273. The molecule has 4 nitrogen and oxygen atoms in total. The van der Waals surface area contributed by atoms with Crippen molar-refractivity contribution in [2.24, 2.45) is 0 Å². The molecule has 3 rings (SSSR count).